The molecule has 1 saturated heterocycles. The number of thioether (sulfide) groups is 1. The minimum atomic E-state index is -0.437. The van der Waals surface area contributed by atoms with Gasteiger partial charge in [0.2, 0.25) is 5.91 Å². The summed E-state index contributed by atoms with van der Waals surface area (Å²) in [5.41, 5.74) is 0.838. The average molecular weight is 325 g/mol. The molecule has 0 radical (unpaired) electrons. The Morgan fingerprint density at radius 1 is 1.32 bits per heavy atom. The smallest absolute Gasteiger partial charge is 0.325 e. The zero-order valence-corrected chi connectivity index (χ0v) is 13.6. The van der Waals surface area contributed by atoms with Gasteiger partial charge in [-0.05, 0) is 12.1 Å². The van der Waals surface area contributed by atoms with Crippen LogP contribution in [0, 0.1) is 0 Å². The summed E-state index contributed by atoms with van der Waals surface area (Å²) in [5, 5.41) is -0.277. The van der Waals surface area contributed by atoms with Gasteiger partial charge in [-0.25, -0.2) is 0 Å². The van der Waals surface area contributed by atoms with Gasteiger partial charge < -0.3 is 19.1 Å². The van der Waals surface area contributed by atoms with Crippen molar-refractivity contribution in [2.75, 3.05) is 33.6 Å². The van der Waals surface area contributed by atoms with Crippen LogP contribution in [0.4, 0.5) is 0 Å². The molecular formula is C15H19NO5S. The minimum Gasteiger partial charge on any atom is -0.497 e. The summed E-state index contributed by atoms with van der Waals surface area (Å²) in [6.07, 6.45) is 0.413. The van der Waals surface area contributed by atoms with Crippen LogP contribution in [0.1, 0.15) is 17.4 Å². The summed E-state index contributed by atoms with van der Waals surface area (Å²) in [7, 11) is 4.46. The molecule has 0 saturated carbocycles. The van der Waals surface area contributed by atoms with Crippen molar-refractivity contribution in [1.29, 1.82) is 0 Å². The van der Waals surface area contributed by atoms with Crippen LogP contribution in [0.5, 0.6) is 11.5 Å². The summed E-state index contributed by atoms with van der Waals surface area (Å²) in [4.78, 5) is 25.3. The number of ether oxygens (including phenoxy) is 3. The fraction of sp³-hybridized carbons (Fsp3) is 0.467. The maximum Gasteiger partial charge on any atom is 0.325 e. The SMILES string of the molecule is COC(=O)CN1C(=O)CCSC1c1ccc(OC)cc1OC. The van der Waals surface area contributed by atoms with Gasteiger partial charge in [-0.1, -0.05) is 0 Å². The number of methoxy groups -OCH3 is 3. The average Bonchev–Trinajstić information content (AvgIpc) is 2.55. The molecule has 2 rings (SSSR count). The Labute approximate surface area is 133 Å². The third-order valence-corrected chi connectivity index (χ3v) is 4.69. The zero-order valence-electron chi connectivity index (χ0n) is 12.8. The van der Waals surface area contributed by atoms with E-state index in [1.165, 1.54) is 12.0 Å². The Kier molecular flexibility index (Phi) is 5.54. The largest absolute Gasteiger partial charge is 0.497 e. The predicted molar refractivity (Wildman–Crippen MR) is 83.1 cm³/mol. The van der Waals surface area contributed by atoms with E-state index in [0.717, 1.165) is 5.56 Å². The lowest BCUT2D eigenvalue weighted by atomic mass is 10.1. The number of nitrogens with zero attached hydrogens (tertiary/aromatic N) is 1. The van der Waals surface area contributed by atoms with Crippen molar-refractivity contribution in [3.8, 4) is 11.5 Å². The highest BCUT2D eigenvalue weighted by atomic mass is 32.2. The van der Waals surface area contributed by atoms with E-state index in [4.69, 9.17) is 9.47 Å². The molecule has 1 heterocycles. The number of carbonyl (C=O) groups excluding carboxylic acids is 2. The first-order chi connectivity index (χ1) is 10.6. The minimum absolute atomic E-state index is 0.0629. The van der Waals surface area contributed by atoms with Crippen LogP contribution >= 0.6 is 11.8 Å². The van der Waals surface area contributed by atoms with Crippen LogP contribution in [0.3, 0.4) is 0 Å². The van der Waals surface area contributed by atoms with Crippen LogP contribution in [-0.2, 0) is 14.3 Å². The van der Waals surface area contributed by atoms with Crippen molar-refractivity contribution in [3.05, 3.63) is 23.8 Å². The Morgan fingerprint density at radius 2 is 2.09 bits per heavy atom. The van der Waals surface area contributed by atoms with Gasteiger partial charge in [0.1, 0.15) is 23.4 Å². The normalized spacial score (nSPS) is 18.0. The second-order valence-electron chi connectivity index (χ2n) is 4.68. The molecule has 0 spiro atoms. The molecule has 1 atom stereocenters. The van der Waals surface area contributed by atoms with Gasteiger partial charge in [-0.2, -0.15) is 0 Å². The first-order valence-electron chi connectivity index (χ1n) is 6.80. The number of esters is 1. The molecule has 7 heteroatoms. The lowest BCUT2D eigenvalue weighted by molar-refractivity contribution is -0.147. The van der Waals surface area contributed by atoms with Crippen molar-refractivity contribution < 1.29 is 23.8 Å². The molecular weight excluding hydrogens is 306 g/mol. The van der Waals surface area contributed by atoms with Crippen molar-refractivity contribution in [2.45, 2.75) is 11.8 Å². The molecule has 1 aromatic carbocycles. The number of carbonyl (C=O) groups is 2. The monoisotopic (exact) mass is 325 g/mol. The molecule has 0 aromatic heterocycles. The van der Waals surface area contributed by atoms with Gasteiger partial charge in [0, 0.05) is 23.8 Å². The lowest BCUT2D eigenvalue weighted by Gasteiger charge is -2.35. The highest BCUT2D eigenvalue weighted by molar-refractivity contribution is 7.99. The molecule has 1 aliphatic rings. The Bertz CT molecular complexity index is 563. The van der Waals surface area contributed by atoms with Gasteiger partial charge in [-0.15, -0.1) is 11.8 Å². The van der Waals surface area contributed by atoms with Crippen LogP contribution in [-0.4, -0.2) is 50.4 Å². The van der Waals surface area contributed by atoms with E-state index in [-0.39, 0.29) is 17.8 Å². The third-order valence-electron chi connectivity index (χ3n) is 3.43. The molecule has 1 aliphatic heterocycles. The van der Waals surface area contributed by atoms with E-state index in [2.05, 4.69) is 4.74 Å². The number of rotatable bonds is 5. The van der Waals surface area contributed by atoms with E-state index >= 15 is 0 Å². The Balaban J connectivity index is 2.34. The summed E-state index contributed by atoms with van der Waals surface area (Å²) in [6, 6.07) is 5.44. The standard InChI is InChI=1S/C15H19NO5S/c1-19-10-4-5-11(12(8-10)20-2)15-16(9-14(18)21-3)13(17)6-7-22-15/h4-5,8,15H,6-7,9H2,1-3H3. The molecule has 1 fully saturated rings. The van der Waals surface area contributed by atoms with Crippen LogP contribution < -0.4 is 9.47 Å². The predicted octanol–water partition coefficient (Wildman–Crippen LogP) is 1.84. The van der Waals surface area contributed by atoms with Gasteiger partial charge >= 0.3 is 5.97 Å². The second-order valence-corrected chi connectivity index (χ2v) is 5.87. The van der Waals surface area contributed by atoms with E-state index in [9.17, 15) is 9.59 Å². The summed E-state index contributed by atoms with van der Waals surface area (Å²) < 4.78 is 15.3. The summed E-state index contributed by atoms with van der Waals surface area (Å²) in [6.45, 7) is -0.0673. The maximum absolute atomic E-state index is 12.2. The maximum atomic E-state index is 12.2. The highest BCUT2D eigenvalue weighted by Crippen LogP contribution is 2.42. The van der Waals surface area contributed by atoms with Crippen molar-refractivity contribution in [2.24, 2.45) is 0 Å². The summed E-state index contributed by atoms with van der Waals surface area (Å²) in [5.74, 6) is 1.50. The number of benzene rings is 1. The topological polar surface area (TPSA) is 65.1 Å². The van der Waals surface area contributed by atoms with Crippen LogP contribution in [0.2, 0.25) is 0 Å². The van der Waals surface area contributed by atoms with Crippen molar-refractivity contribution >= 4 is 23.6 Å². The van der Waals surface area contributed by atoms with Crippen molar-refractivity contribution in [1.82, 2.24) is 4.90 Å². The first-order valence-corrected chi connectivity index (χ1v) is 7.85. The van der Waals surface area contributed by atoms with Gasteiger partial charge in [-0.3, -0.25) is 9.59 Å². The number of amides is 1. The molecule has 120 valence electrons. The number of hydrogen-bond donors (Lipinski definition) is 0. The van der Waals surface area contributed by atoms with E-state index in [1.807, 2.05) is 12.1 Å². The summed E-state index contributed by atoms with van der Waals surface area (Å²) >= 11 is 1.60. The molecule has 1 amide bonds. The second kappa shape index (κ2) is 7.40. The zero-order chi connectivity index (χ0) is 16.1. The fourth-order valence-corrected chi connectivity index (χ4v) is 3.54. The Morgan fingerprint density at radius 3 is 2.73 bits per heavy atom. The van der Waals surface area contributed by atoms with Gasteiger partial charge in [0.05, 0.1) is 21.3 Å². The highest BCUT2D eigenvalue weighted by Gasteiger charge is 2.33. The quantitative estimate of drug-likeness (QED) is 0.770. The molecule has 0 bridgehead atoms. The first kappa shape index (κ1) is 16.5. The van der Waals surface area contributed by atoms with E-state index < -0.39 is 5.97 Å². The number of hydrogen-bond acceptors (Lipinski definition) is 6. The third kappa shape index (κ3) is 3.47. The van der Waals surface area contributed by atoms with E-state index in [0.29, 0.717) is 23.7 Å². The van der Waals surface area contributed by atoms with Gasteiger partial charge in [0.15, 0.2) is 0 Å². The fourth-order valence-electron chi connectivity index (χ4n) is 2.28. The van der Waals surface area contributed by atoms with Gasteiger partial charge in [0.25, 0.3) is 0 Å². The van der Waals surface area contributed by atoms with Crippen LogP contribution in [0.25, 0.3) is 0 Å². The Hall–Kier alpha value is -1.89. The molecule has 6 nitrogen and oxygen atoms in total. The van der Waals surface area contributed by atoms with Crippen molar-refractivity contribution in [3.63, 3.8) is 0 Å². The molecule has 0 aliphatic carbocycles. The van der Waals surface area contributed by atoms with E-state index in [1.54, 1.807) is 32.0 Å². The molecule has 1 unspecified atom stereocenters. The lowest BCUT2D eigenvalue weighted by Crippen LogP contribution is -2.41. The molecule has 0 N–H and O–H groups in total. The van der Waals surface area contributed by atoms with Crippen LogP contribution in [0.15, 0.2) is 18.2 Å². The molecule has 1 aromatic rings. The molecule has 22 heavy (non-hydrogen) atoms.